The third-order valence-corrected chi connectivity index (χ3v) is 3.49. The van der Waals surface area contributed by atoms with Crippen molar-refractivity contribution >= 4 is 17.5 Å². The van der Waals surface area contributed by atoms with Crippen LogP contribution >= 0.6 is 0 Å². The first kappa shape index (κ1) is 15.1. The Morgan fingerprint density at radius 2 is 1.86 bits per heavy atom. The lowest BCUT2D eigenvalue weighted by Crippen LogP contribution is -2.51. The van der Waals surface area contributed by atoms with E-state index >= 15 is 0 Å². The number of amides is 2. The third kappa shape index (κ3) is 3.25. The summed E-state index contributed by atoms with van der Waals surface area (Å²) in [5.74, 6) is -0.560. The van der Waals surface area contributed by atoms with Gasteiger partial charge in [-0.25, -0.2) is 0 Å². The second kappa shape index (κ2) is 6.45. The van der Waals surface area contributed by atoms with E-state index in [1.54, 1.807) is 15.9 Å². The number of ether oxygens (including phenoxy) is 1. The van der Waals surface area contributed by atoms with Gasteiger partial charge >= 0.3 is 0 Å². The van der Waals surface area contributed by atoms with Gasteiger partial charge in [-0.2, -0.15) is 0 Å². The number of anilines is 1. The largest absolute Gasteiger partial charge is 0.505 e. The van der Waals surface area contributed by atoms with Crippen LogP contribution in [0.5, 0.6) is 5.75 Å². The number of nitrogens with two attached hydrogens (primary N) is 1. The van der Waals surface area contributed by atoms with Crippen molar-refractivity contribution in [3.8, 4) is 5.75 Å². The normalized spacial score (nSPS) is 15.1. The van der Waals surface area contributed by atoms with E-state index in [0.717, 1.165) is 0 Å². The molecule has 2 rings (SSSR count). The van der Waals surface area contributed by atoms with Crippen LogP contribution in [0, 0.1) is 0 Å². The molecule has 1 aliphatic rings. The van der Waals surface area contributed by atoms with E-state index in [0.29, 0.717) is 26.2 Å². The van der Waals surface area contributed by atoms with Crippen molar-refractivity contribution in [2.75, 3.05) is 45.6 Å². The summed E-state index contributed by atoms with van der Waals surface area (Å²) in [7, 11) is 1.47. The second-order valence-corrected chi connectivity index (χ2v) is 4.85. The Morgan fingerprint density at radius 3 is 2.48 bits per heavy atom. The Hall–Kier alpha value is -2.28. The minimum absolute atomic E-state index is 0.0456. The molecule has 1 heterocycles. The van der Waals surface area contributed by atoms with Gasteiger partial charge in [-0.1, -0.05) is 6.07 Å². The number of methoxy groups -OCH3 is 1. The Labute approximate surface area is 122 Å². The summed E-state index contributed by atoms with van der Waals surface area (Å²) in [6.45, 7) is 1.79. The molecule has 1 aromatic carbocycles. The molecule has 0 atom stereocenters. The Bertz CT molecular complexity index is 539. The highest BCUT2D eigenvalue weighted by atomic mass is 16.5. The number of carbonyl (C=O) groups is 2. The molecule has 114 valence electrons. The average Bonchev–Trinajstić information content (AvgIpc) is 2.50. The number of nitrogens with zero attached hydrogens (tertiary/aromatic N) is 2. The molecule has 7 heteroatoms. The molecule has 0 saturated carbocycles. The molecule has 21 heavy (non-hydrogen) atoms. The van der Waals surface area contributed by atoms with Gasteiger partial charge in [0.2, 0.25) is 5.91 Å². The first-order chi connectivity index (χ1) is 10.0. The van der Waals surface area contributed by atoms with Crippen LogP contribution < -0.4 is 5.73 Å². The molecule has 2 amide bonds. The van der Waals surface area contributed by atoms with Gasteiger partial charge < -0.3 is 25.4 Å². The maximum atomic E-state index is 12.4. The summed E-state index contributed by atoms with van der Waals surface area (Å²) >= 11 is 0. The van der Waals surface area contributed by atoms with Crippen LogP contribution in [0.4, 0.5) is 5.69 Å². The highest BCUT2D eigenvalue weighted by Gasteiger charge is 2.26. The number of hydrogen-bond donors (Lipinski definition) is 2. The summed E-state index contributed by atoms with van der Waals surface area (Å²) < 4.78 is 4.81. The van der Waals surface area contributed by atoms with Gasteiger partial charge in [-0.3, -0.25) is 9.59 Å². The topological polar surface area (TPSA) is 96.1 Å². The van der Waals surface area contributed by atoms with Crippen molar-refractivity contribution in [1.82, 2.24) is 9.80 Å². The number of rotatable bonds is 3. The molecule has 1 saturated heterocycles. The van der Waals surface area contributed by atoms with Crippen LogP contribution in [-0.4, -0.2) is 66.6 Å². The highest BCUT2D eigenvalue weighted by Crippen LogP contribution is 2.25. The fourth-order valence-corrected chi connectivity index (χ4v) is 2.28. The molecule has 0 unspecified atom stereocenters. The van der Waals surface area contributed by atoms with Crippen LogP contribution in [0.3, 0.4) is 0 Å². The van der Waals surface area contributed by atoms with E-state index in [2.05, 4.69) is 0 Å². The van der Waals surface area contributed by atoms with Gasteiger partial charge in [0.1, 0.15) is 6.61 Å². The van der Waals surface area contributed by atoms with Crippen molar-refractivity contribution in [2.24, 2.45) is 0 Å². The molecule has 3 N–H and O–H groups in total. The number of benzene rings is 1. The van der Waals surface area contributed by atoms with E-state index in [9.17, 15) is 14.7 Å². The number of aromatic hydroxyl groups is 1. The third-order valence-electron chi connectivity index (χ3n) is 3.49. The van der Waals surface area contributed by atoms with Crippen LogP contribution in [0.25, 0.3) is 0 Å². The number of para-hydroxylation sites is 1. The fourth-order valence-electron chi connectivity index (χ4n) is 2.28. The van der Waals surface area contributed by atoms with Crippen LogP contribution in [0.2, 0.25) is 0 Å². The van der Waals surface area contributed by atoms with E-state index < -0.39 is 0 Å². The van der Waals surface area contributed by atoms with Crippen LogP contribution in [-0.2, 0) is 9.53 Å². The predicted molar refractivity (Wildman–Crippen MR) is 76.9 cm³/mol. The molecular formula is C14H19N3O4. The number of nitrogen functional groups attached to an aromatic ring is 1. The monoisotopic (exact) mass is 293 g/mol. The molecule has 1 aromatic rings. The molecule has 1 fully saturated rings. The lowest BCUT2D eigenvalue weighted by molar-refractivity contribution is -0.136. The molecule has 0 aromatic heterocycles. The maximum Gasteiger partial charge on any atom is 0.257 e. The lowest BCUT2D eigenvalue weighted by atomic mass is 10.1. The van der Waals surface area contributed by atoms with Crippen molar-refractivity contribution in [1.29, 1.82) is 0 Å². The summed E-state index contributed by atoms with van der Waals surface area (Å²) in [6.07, 6.45) is 0. The van der Waals surface area contributed by atoms with Gasteiger partial charge in [0, 0.05) is 33.3 Å². The van der Waals surface area contributed by atoms with E-state index in [4.69, 9.17) is 10.5 Å². The van der Waals surface area contributed by atoms with Gasteiger partial charge in [0.05, 0.1) is 11.3 Å². The SMILES string of the molecule is COCC(=O)N1CCN(C(=O)c2cccc(N)c2O)CC1. The Balaban J connectivity index is 2.00. The summed E-state index contributed by atoms with van der Waals surface area (Å²) in [6, 6.07) is 4.70. The number of carbonyl (C=O) groups excluding carboxylic acids is 2. The number of phenolic OH excluding ortho intramolecular Hbond substituents is 1. The summed E-state index contributed by atoms with van der Waals surface area (Å²) in [4.78, 5) is 27.3. The fraction of sp³-hybridized carbons (Fsp3) is 0.429. The zero-order valence-electron chi connectivity index (χ0n) is 11.9. The predicted octanol–water partition coefficient (Wildman–Crippen LogP) is -0.0948. The first-order valence-electron chi connectivity index (χ1n) is 6.68. The number of piperazine rings is 1. The van der Waals surface area contributed by atoms with Crippen LogP contribution in [0.15, 0.2) is 18.2 Å². The molecule has 0 radical (unpaired) electrons. The van der Waals surface area contributed by atoms with Gasteiger partial charge in [-0.15, -0.1) is 0 Å². The van der Waals surface area contributed by atoms with E-state index in [1.165, 1.54) is 19.2 Å². The summed E-state index contributed by atoms with van der Waals surface area (Å²) in [5.41, 5.74) is 5.96. The zero-order chi connectivity index (χ0) is 15.4. The smallest absolute Gasteiger partial charge is 0.257 e. The Morgan fingerprint density at radius 1 is 1.24 bits per heavy atom. The molecule has 1 aliphatic heterocycles. The first-order valence-corrected chi connectivity index (χ1v) is 6.68. The molecule has 0 spiro atoms. The van der Waals surface area contributed by atoms with Gasteiger partial charge in [0.15, 0.2) is 5.75 Å². The van der Waals surface area contributed by atoms with Gasteiger partial charge in [-0.05, 0) is 12.1 Å². The second-order valence-electron chi connectivity index (χ2n) is 4.85. The Kier molecular flexibility index (Phi) is 4.64. The number of phenols is 1. The molecule has 0 aliphatic carbocycles. The minimum atomic E-state index is -0.279. The van der Waals surface area contributed by atoms with E-state index in [1.807, 2.05) is 0 Å². The quantitative estimate of drug-likeness (QED) is 0.599. The van der Waals surface area contributed by atoms with Crippen molar-refractivity contribution in [2.45, 2.75) is 0 Å². The van der Waals surface area contributed by atoms with Crippen molar-refractivity contribution < 1.29 is 19.4 Å². The number of hydrogen-bond acceptors (Lipinski definition) is 5. The standard InChI is InChI=1S/C14H19N3O4/c1-21-9-12(18)16-5-7-17(8-6-16)14(20)10-3-2-4-11(15)13(10)19/h2-4,19H,5-9,15H2,1H3. The maximum absolute atomic E-state index is 12.4. The van der Waals surface area contributed by atoms with Crippen molar-refractivity contribution in [3.63, 3.8) is 0 Å². The van der Waals surface area contributed by atoms with Crippen molar-refractivity contribution in [3.05, 3.63) is 23.8 Å². The molecular weight excluding hydrogens is 274 g/mol. The molecule has 7 nitrogen and oxygen atoms in total. The van der Waals surface area contributed by atoms with Crippen LogP contribution in [0.1, 0.15) is 10.4 Å². The average molecular weight is 293 g/mol. The lowest BCUT2D eigenvalue weighted by Gasteiger charge is -2.34. The highest BCUT2D eigenvalue weighted by molar-refractivity contribution is 5.98. The minimum Gasteiger partial charge on any atom is -0.505 e. The van der Waals surface area contributed by atoms with Gasteiger partial charge in [0.25, 0.3) is 5.91 Å². The zero-order valence-corrected chi connectivity index (χ0v) is 11.9. The summed E-state index contributed by atoms with van der Waals surface area (Å²) in [5, 5.41) is 9.86. The van der Waals surface area contributed by atoms with E-state index in [-0.39, 0.29) is 35.4 Å². The molecule has 0 bridgehead atoms.